The number of pyridine rings is 1. The summed E-state index contributed by atoms with van der Waals surface area (Å²) in [5.41, 5.74) is 1.97. The Morgan fingerprint density at radius 2 is 2.06 bits per heavy atom. The van der Waals surface area contributed by atoms with Gasteiger partial charge in [-0.3, -0.25) is 19.5 Å². The van der Waals surface area contributed by atoms with Crippen LogP contribution < -0.4 is 0 Å². The Bertz CT molecular complexity index is 1070. The molecule has 2 aromatic rings. The lowest BCUT2D eigenvalue weighted by molar-refractivity contribution is -0.158. The summed E-state index contributed by atoms with van der Waals surface area (Å²) in [6, 6.07) is 10.3. The van der Waals surface area contributed by atoms with Crippen molar-refractivity contribution in [2.24, 2.45) is 23.7 Å². The first-order chi connectivity index (χ1) is 16.0. The number of carbonyl (C=O) groups excluding carboxylic acids is 1. The molecular formula is C26H30N2O5. The number of ether oxygens (including phenoxy) is 1. The summed E-state index contributed by atoms with van der Waals surface area (Å²) >= 11 is 0. The molecule has 1 saturated carbocycles. The topological polar surface area (TPSA) is 100.0 Å². The fourth-order valence-electron chi connectivity index (χ4n) is 6.16. The van der Waals surface area contributed by atoms with Gasteiger partial charge >= 0.3 is 11.9 Å². The van der Waals surface area contributed by atoms with E-state index in [1.165, 1.54) is 6.42 Å². The van der Waals surface area contributed by atoms with Gasteiger partial charge in [0.05, 0.1) is 23.5 Å². The van der Waals surface area contributed by atoms with E-state index in [4.69, 9.17) is 9.84 Å². The number of piperidine rings is 3. The highest BCUT2D eigenvalue weighted by Gasteiger charge is 2.51. The van der Waals surface area contributed by atoms with Gasteiger partial charge in [-0.05, 0) is 61.8 Å². The summed E-state index contributed by atoms with van der Waals surface area (Å²) in [5.74, 6) is -0.775. The fourth-order valence-corrected chi connectivity index (χ4v) is 6.16. The van der Waals surface area contributed by atoms with Crippen LogP contribution in [0.15, 0.2) is 49.2 Å². The van der Waals surface area contributed by atoms with Gasteiger partial charge < -0.3 is 14.9 Å². The molecule has 5 fully saturated rings. The normalized spacial score (nSPS) is 34.9. The molecule has 5 heterocycles. The molecule has 7 nitrogen and oxygen atoms in total. The van der Waals surface area contributed by atoms with E-state index in [0.717, 1.165) is 36.0 Å². The molecule has 0 radical (unpaired) electrons. The van der Waals surface area contributed by atoms with Crippen LogP contribution in [0, 0.1) is 23.7 Å². The minimum absolute atomic E-state index is 0.117. The Labute approximate surface area is 193 Å². The number of esters is 1. The zero-order valence-electron chi connectivity index (χ0n) is 18.5. The summed E-state index contributed by atoms with van der Waals surface area (Å²) < 4.78 is 4.84. The smallest absolute Gasteiger partial charge is 0.310 e. The second-order valence-corrected chi connectivity index (χ2v) is 9.69. The number of para-hydroxylation sites is 1. The Morgan fingerprint density at radius 1 is 1.24 bits per heavy atom. The Kier molecular flexibility index (Phi) is 5.93. The first-order valence-corrected chi connectivity index (χ1v) is 11.8. The Hall–Kier alpha value is -2.77. The average Bonchev–Trinajstić information content (AvgIpc) is 3.44. The first kappa shape index (κ1) is 22.0. The number of hydrogen-bond donors (Lipinski definition) is 2. The third-order valence-electron chi connectivity index (χ3n) is 7.94. The van der Waals surface area contributed by atoms with Gasteiger partial charge in [-0.25, -0.2) is 0 Å². The molecule has 4 aliphatic heterocycles. The highest BCUT2D eigenvalue weighted by atomic mass is 16.6. The van der Waals surface area contributed by atoms with Gasteiger partial charge in [-0.2, -0.15) is 0 Å². The molecule has 1 aromatic heterocycles. The minimum Gasteiger partial charge on any atom is -0.481 e. The van der Waals surface area contributed by atoms with Crippen molar-refractivity contribution in [3.8, 4) is 0 Å². The van der Waals surface area contributed by atoms with E-state index in [-0.39, 0.29) is 24.0 Å². The number of hydrogen-bond acceptors (Lipinski definition) is 6. The van der Waals surface area contributed by atoms with Crippen LogP contribution in [0.3, 0.4) is 0 Å². The lowest BCUT2D eigenvalue weighted by atomic mass is 9.73. The number of fused-ring (bicyclic) bond motifs is 6. The zero-order valence-corrected chi connectivity index (χ0v) is 18.5. The number of nitrogens with zero attached hydrogens (tertiary/aromatic N) is 2. The molecule has 2 N–H and O–H groups in total. The molecule has 8 atom stereocenters. The highest BCUT2D eigenvalue weighted by Crippen LogP contribution is 2.42. The number of aromatic nitrogens is 1. The van der Waals surface area contributed by atoms with Gasteiger partial charge in [-0.15, -0.1) is 6.58 Å². The molecule has 7 heteroatoms. The average molecular weight is 451 g/mol. The maximum atomic E-state index is 11.0. The fraction of sp³-hybridized carbons (Fsp3) is 0.500. The van der Waals surface area contributed by atoms with Crippen LogP contribution in [0.2, 0.25) is 0 Å². The van der Waals surface area contributed by atoms with Crippen molar-refractivity contribution < 1.29 is 24.5 Å². The van der Waals surface area contributed by atoms with Crippen molar-refractivity contribution in [3.05, 3.63) is 54.7 Å². The van der Waals surface area contributed by atoms with Gasteiger partial charge in [0.15, 0.2) is 0 Å². The van der Waals surface area contributed by atoms with Crippen LogP contribution in [0.4, 0.5) is 0 Å². The molecule has 0 spiro atoms. The van der Waals surface area contributed by atoms with Crippen LogP contribution in [0.25, 0.3) is 10.9 Å². The molecule has 2 unspecified atom stereocenters. The van der Waals surface area contributed by atoms with E-state index in [9.17, 15) is 14.7 Å². The van der Waals surface area contributed by atoms with E-state index in [2.05, 4.69) is 28.6 Å². The summed E-state index contributed by atoms with van der Waals surface area (Å²) in [4.78, 5) is 28.2. The molecule has 33 heavy (non-hydrogen) atoms. The van der Waals surface area contributed by atoms with Crippen LogP contribution in [-0.2, 0) is 14.3 Å². The third kappa shape index (κ3) is 4.04. The van der Waals surface area contributed by atoms with Crippen molar-refractivity contribution in [2.75, 3.05) is 13.1 Å². The number of aliphatic hydroxyl groups is 1. The van der Waals surface area contributed by atoms with Gasteiger partial charge in [-0.1, -0.05) is 24.3 Å². The van der Waals surface area contributed by atoms with Crippen LogP contribution in [0.5, 0.6) is 0 Å². The van der Waals surface area contributed by atoms with E-state index in [0.29, 0.717) is 24.7 Å². The van der Waals surface area contributed by atoms with E-state index in [1.807, 2.05) is 30.5 Å². The second-order valence-electron chi connectivity index (χ2n) is 9.69. The highest BCUT2D eigenvalue weighted by molar-refractivity contribution is 5.84. The predicted molar refractivity (Wildman–Crippen MR) is 122 cm³/mol. The van der Waals surface area contributed by atoms with Gasteiger partial charge in [0, 0.05) is 24.2 Å². The summed E-state index contributed by atoms with van der Waals surface area (Å²) in [6.07, 6.45) is 6.76. The Morgan fingerprint density at radius 3 is 2.70 bits per heavy atom. The zero-order chi connectivity index (χ0) is 23.1. The van der Waals surface area contributed by atoms with Gasteiger partial charge in [0.1, 0.15) is 6.10 Å². The van der Waals surface area contributed by atoms with Crippen molar-refractivity contribution in [1.82, 2.24) is 9.88 Å². The number of benzene rings is 1. The number of aliphatic carboxylic acids is 1. The number of carboxylic acids is 1. The van der Waals surface area contributed by atoms with E-state index >= 15 is 0 Å². The standard InChI is InChI=1S/C19H22N2O.C7H8O4/c1-2-13-12-21-10-8-14(13)11-18(21)19(22)16-7-9-20-17-6-4-3-5-15(16)17;8-6(9)4-1-3-2-5(4)7(10)11-3/h2-7,9,13-14,18-19,22H,1,8,10-12H2;3-5H,1-2H2,(H,8,9)/t13?,14-,18-,19+;3-,4+,5-/m00/s1. The van der Waals surface area contributed by atoms with Crippen molar-refractivity contribution in [2.45, 2.75) is 43.9 Å². The lowest BCUT2D eigenvalue weighted by Crippen LogP contribution is -2.54. The molecular weight excluding hydrogens is 420 g/mol. The molecule has 4 bridgehead atoms. The van der Waals surface area contributed by atoms with E-state index < -0.39 is 18.0 Å². The monoisotopic (exact) mass is 450 g/mol. The van der Waals surface area contributed by atoms with Crippen LogP contribution in [0.1, 0.15) is 37.4 Å². The largest absolute Gasteiger partial charge is 0.481 e. The number of carbonyl (C=O) groups is 2. The van der Waals surface area contributed by atoms with Gasteiger partial charge in [0.2, 0.25) is 0 Å². The van der Waals surface area contributed by atoms with Crippen LogP contribution in [-0.4, -0.2) is 57.3 Å². The minimum atomic E-state index is -0.867. The number of aliphatic hydroxyl groups excluding tert-OH is 1. The summed E-state index contributed by atoms with van der Waals surface area (Å²) in [5, 5.41) is 20.7. The molecule has 0 amide bonds. The summed E-state index contributed by atoms with van der Waals surface area (Å²) in [6.45, 7) is 6.11. The molecule has 7 rings (SSSR count). The molecule has 1 aromatic carbocycles. The lowest BCUT2D eigenvalue weighted by Gasteiger charge is -2.50. The van der Waals surface area contributed by atoms with Crippen molar-refractivity contribution >= 4 is 22.8 Å². The van der Waals surface area contributed by atoms with Crippen LogP contribution >= 0.6 is 0 Å². The van der Waals surface area contributed by atoms with Gasteiger partial charge in [0.25, 0.3) is 0 Å². The molecule has 174 valence electrons. The maximum Gasteiger partial charge on any atom is 0.310 e. The SMILES string of the molecule is C=CC1CN2CC[C@H]1C[C@H]2[C@H](O)c1ccnc2ccccc12.O=C1O[C@@H]2C[C@H]1[C@H](C(=O)O)C2. The summed E-state index contributed by atoms with van der Waals surface area (Å²) in [7, 11) is 0. The quantitative estimate of drug-likeness (QED) is 0.545. The molecule has 1 aliphatic carbocycles. The number of carboxylic acid groups (broad SMARTS) is 1. The first-order valence-electron chi connectivity index (χ1n) is 11.8. The third-order valence-corrected chi connectivity index (χ3v) is 7.94. The predicted octanol–water partition coefficient (Wildman–Crippen LogP) is 3.19. The molecule has 5 aliphatic rings. The molecule has 4 saturated heterocycles. The Balaban J connectivity index is 0.000000174. The second kappa shape index (κ2) is 8.88. The van der Waals surface area contributed by atoms with Crippen molar-refractivity contribution in [1.29, 1.82) is 0 Å². The van der Waals surface area contributed by atoms with E-state index in [1.54, 1.807) is 0 Å². The van der Waals surface area contributed by atoms with Crippen molar-refractivity contribution in [3.63, 3.8) is 0 Å². The number of rotatable bonds is 4. The maximum absolute atomic E-state index is 11.0.